The van der Waals surface area contributed by atoms with Crippen LogP contribution in [0.3, 0.4) is 0 Å². The van der Waals surface area contributed by atoms with Gasteiger partial charge < -0.3 is 20.5 Å². The van der Waals surface area contributed by atoms with Gasteiger partial charge in [0.25, 0.3) is 5.91 Å². The smallest absolute Gasteiger partial charge is 0.416 e. The molecule has 3 heterocycles. The summed E-state index contributed by atoms with van der Waals surface area (Å²) in [6, 6.07) is 7.31. The molecule has 50 heavy (non-hydrogen) atoms. The molecule has 266 valence electrons. The zero-order valence-corrected chi connectivity index (χ0v) is 28.2. The maximum atomic E-state index is 13.5. The van der Waals surface area contributed by atoms with Crippen molar-refractivity contribution in [3.05, 3.63) is 80.4 Å². The normalized spacial score (nSPS) is 17.4. The lowest BCUT2D eigenvalue weighted by Gasteiger charge is -2.28. The first-order valence-electron chi connectivity index (χ1n) is 14.9. The third-order valence-corrected chi connectivity index (χ3v) is 9.95. The second-order valence-electron chi connectivity index (χ2n) is 11.2. The molecular formula is C32H28F6N4O5S3. The molecule has 0 bridgehead atoms. The van der Waals surface area contributed by atoms with Crippen LogP contribution in [-0.2, 0) is 26.7 Å². The molecule has 0 unspecified atom stereocenters. The van der Waals surface area contributed by atoms with Gasteiger partial charge in [-0.3, -0.25) is 19.4 Å². The summed E-state index contributed by atoms with van der Waals surface area (Å²) < 4.78 is 85.9. The van der Waals surface area contributed by atoms with E-state index < -0.39 is 47.3 Å². The van der Waals surface area contributed by atoms with E-state index in [-0.39, 0.29) is 38.5 Å². The van der Waals surface area contributed by atoms with E-state index in [0.717, 1.165) is 36.2 Å². The van der Waals surface area contributed by atoms with Crippen LogP contribution in [0.15, 0.2) is 58.8 Å². The summed E-state index contributed by atoms with van der Waals surface area (Å²) in [6.45, 7) is 3.41. The van der Waals surface area contributed by atoms with Crippen LogP contribution in [0.25, 0.3) is 17.2 Å². The predicted molar refractivity (Wildman–Crippen MR) is 181 cm³/mol. The number of halogens is 6. The minimum atomic E-state index is -5.00. The highest BCUT2D eigenvalue weighted by Gasteiger charge is 2.38. The number of carboxylic acids is 1. The number of aromatic carboxylic acids is 1. The fourth-order valence-corrected chi connectivity index (χ4v) is 7.25. The number of anilines is 1. The SMILES string of the molecule is O=C(O)c1ccc(NC(=O)[C@H](CN2C(=O)/C(=C/c3cc(-c4cc(C(F)(F)F)cc(C(F)(F)F)c4)cs3)SC2=S)NCCN2CCOCC2)cc1. The molecule has 3 N–H and O–H groups in total. The van der Waals surface area contributed by atoms with Gasteiger partial charge in [-0.05, 0) is 71.1 Å². The molecule has 5 rings (SSSR count). The highest BCUT2D eigenvalue weighted by Crippen LogP contribution is 2.40. The van der Waals surface area contributed by atoms with Gasteiger partial charge in [0.2, 0.25) is 5.91 Å². The number of thiocarbonyl (C=S) groups is 1. The molecule has 1 atom stereocenters. The highest BCUT2D eigenvalue weighted by atomic mass is 32.2. The number of carbonyl (C=O) groups is 3. The molecule has 2 aliphatic heterocycles. The molecule has 2 aliphatic rings. The van der Waals surface area contributed by atoms with E-state index in [1.165, 1.54) is 46.7 Å². The number of rotatable bonds is 11. The van der Waals surface area contributed by atoms with E-state index >= 15 is 0 Å². The van der Waals surface area contributed by atoms with Gasteiger partial charge in [0.05, 0.1) is 41.4 Å². The van der Waals surface area contributed by atoms with Crippen molar-refractivity contribution in [3.63, 3.8) is 0 Å². The Hall–Kier alpha value is -3.81. The van der Waals surface area contributed by atoms with Crippen molar-refractivity contribution in [2.24, 2.45) is 0 Å². The maximum absolute atomic E-state index is 13.5. The molecule has 2 fully saturated rings. The molecule has 0 radical (unpaired) electrons. The number of thiophene rings is 1. The van der Waals surface area contributed by atoms with Crippen molar-refractivity contribution in [2.45, 2.75) is 18.4 Å². The van der Waals surface area contributed by atoms with Crippen LogP contribution in [0.2, 0.25) is 0 Å². The Morgan fingerprint density at radius 2 is 1.62 bits per heavy atom. The third-order valence-electron chi connectivity index (χ3n) is 7.69. The number of hydrogen-bond donors (Lipinski definition) is 3. The van der Waals surface area contributed by atoms with Gasteiger partial charge in [-0.25, -0.2) is 4.79 Å². The largest absolute Gasteiger partial charge is 0.478 e. The Balaban J connectivity index is 1.32. The fraction of sp³-hybridized carbons (Fsp3) is 0.312. The summed E-state index contributed by atoms with van der Waals surface area (Å²) in [5.74, 6) is -2.17. The Bertz CT molecular complexity index is 1760. The minimum Gasteiger partial charge on any atom is -0.478 e. The predicted octanol–water partition coefficient (Wildman–Crippen LogP) is 6.28. The number of hydrogen-bond acceptors (Lipinski definition) is 9. The van der Waals surface area contributed by atoms with Crippen LogP contribution >= 0.6 is 35.3 Å². The van der Waals surface area contributed by atoms with E-state index in [4.69, 9.17) is 22.1 Å². The topological polar surface area (TPSA) is 111 Å². The molecule has 18 heteroatoms. The van der Waals surface area contributed by atoms with Crippen LogP contribution in [-0.4, -0.2) is 89.0 Å². The van der Waals surface area contributed by atoms with Crippen molar-refractivity contribution in [3.8, 4) is 11.1 Å². The molecule has 1 aromatic heterocycles. The van der Waals surface area contributed by atoms with E-state index in [9.17, 15) is 40.7 Å². The first kappa shape index (κ1) is 37.4. The van der Waals surface area contributed by atoms with Gasteiger partial charge in [-0.15, -0.1) is 11.3 Å². The molecule has 2 aromatic carbocycles. The highest BCUT2D eigenvalue weighted by molar-refractivity contribution is 8.26. The number of nitrogens with one attached hydrogen (secondary N) is 2. The fourth-order valence-electron chi connectivity index (χ4n) is 5.06. The van der Waals surface area contributed by atoms with E-state index in [1.807, 2.05) is 0 Å². The lowest BCUT2D eigenvalue weighted by Crippen LogP contribution is -2.51. The average Bonchev–Trinajstić information content (AvgIpc) is 3.63. The number of morpholine rings is 1. The van der Waals surface area contributed by atoms with Gasteiger partial charge in [-0.1, -0.05) is 24.0 Å². The number of thioether (sulfide) groups is 1. The molecule has 0 saturated carbocycles. The second-order valence-corrected chi connectivity index (χ2v) is 13.8. The quantitative estimate of drug-likeness (QED) is 0.118. The molecule has 3 aromatic rings. The number of carbonyl (C=O) groups excluding carboxylic acids is 2. The summed E-state index contributed by atoms with van der Waals surface area (Å²) in [5.41, 5.74) is -2.69. The molecule has 9 nitrogen and oxygen atoms in total. The standard InChI is InChI=1S/C32H28F6N4O5S3/c33-31(34,35)21-11-19(12-22(14-21)32(36,37)38)20-13-24(49-17-20)15-26-28(44)42(30(48)50-26)16-25(39-5-6-41-7-9-47-10-8-41)27(43)40-23-3-1-18(2-4-23)29(45)46/h1-4,11-15,17,25,39H,5-10,16H2,(H,40,43)(H,45,46)/b26-15-/t25-/m0/s1. The molecule has 2 amide bonds. The van der Waals surface area contributed by atoms with Crippen LogP contribution in [0.4, 0.5) is 32.0 Å². The van der Waals surface area contributed by atoms with Crippen LogP contribution in [0.5, 0.6) is 0 Å². The third kappa shape index (κ3) is 9.49. The average molecular weight is 759 g/mol. The first-order valence-corrected chi connectivity index (χ1v) is 17.0. The van der Waals surface area contributed by atoms with Crippen molar-refractivity contribution in [1.29, 1.82) is 0 Å². The summed E-state index contributed by atoms with van der Waals surface area (Å²) in [6.07, 6.45) is -8.56. The van der Waals surface area contributed by atoms with Gasteiger partial charge in [0.1, 0.15) is 10.4 Å². The zero-order valence-electron chi connectivity index (χ0n) is 25.8. The number of alkyl halides is 6. The Morgan fingerprint density at radius 3 is 2.22 bits per heavy atom. The number of carboxylic acid groups (broad SMARTS) is 1. The molecular weight excluding hydrogens is 731 g/mol. The number of benzene rings is 2. The second kappa shape index (κ2) is 15.6. The van der Waals surface area contributed by atoms with Gasteiger partial charge in [-0.2, -0.15) is 26.3 Å². The number of ether oxygens (including phenoxy) is 1. The first-order chi connectivity index (χ1) is 23.6. The summed E-state index contributed by atoms with van der Waals surface area (Å²) in [4.78, 5) is 42.1. The van der Waals surface area contributed by atoms with Crippen LogP contribution in [0, 0.1) is 0 Å². The summed E-state index contributed by atoms with van der Waals surface area (Å²) in [7, 11) is 0. The Labute approximate surface area is 295 Å². The van der Waals surface area contributed by atoms with Crippen molar-refractivity contribution < 1.29 is 50.6 Å². The number of nitrogens with zero attached hydrogens (tertiary/aromatic N) is 2. The van der Waals surface area contributed by atoms with Gasteiger partial charge in [0, 0.05) is 36.7 Å². The number of amides is 2. The Morgan fingerprint density at radius 1 is 0.980 bits per heavy atom. The molecule has 0 aliphatic carbocycles. The van der Waals surface area contributed by atoms with Crippen molar-refractivity contribution in [2.75, 3.05) is 51.3 Å². The summed E-state index contributed by atoms with van der Waals surface area (Å²) in [5, 5.41) is 16.5. The zero-order chi connectivity index (χ0) is 36.2. The van der Waals surface area contributed by atoms with E-state index in [1.54, 1.807) is 0 Å². The minimum absolute atomic E-state index is 0.0336. The van der Waals surface area contributed by atoms with Crippen LogP contribution < -0.4 is 10.6 Å². The lowest BCUT2D eigenvalue weighted by molar-refractivity contribution is -0.143. The van der Waals surface area contributed by atoms with Crippen molar-refractivity contribution in [1.82, 2.24) is 15.1 Å². The van der Waals surface area contributed by atoms with Gasteiger partial charge in [0.15, 0.2) is 0 Å². The molecule has 2 saturated heterocycles. The Kier molecular flexibility index (Phi) is 11.7. The van der Waals surface area contributed by atoms with E-state index in [2.05, 4.69) is 15.5 Å². The maximum Gasteiger partial charge on any atom is 0.416 e. The monoisotopic (exact) mass is 758 g/mol. The molecule has 0 spiro atoms. The van der Waals surface area contributed by atoms with Gasteiger partial charge >= 0.3 is 18.3 Å². The van der Waals surface area contributed by atoms with E-state index in [0.29, 0.717) is 49.0 Å². The lowest BCUT2D eigenvalue weighted by atomic mass is 10.0. The van der Waals surface area contributed by atoms with Crippen molar-refractivity contribution >= 4 is 69.2 Å². The summed E-state index contributed by atoms with van der Waals surface area (Å²) >= 11 is 7.42. The van der Waals surface area contributed by atoms with Crippen LogP contribution in [0.1, 0.15) is 26.4 Å².